The van der Waals surface area contributed by atoms with E-state index in [1.807, 2.05) is 30.3 Å². The quantitative estimate of drug-likeness (QED) is 0.471. The molecule has 3 N–H and O–H groups in total. The fraction of sp³-hybridized carbons (Fsp3) is 0.485. The van der Waals surface area contributed by atoms with E-state index in [2.05, 4.69) is 33.0 Å². The number of fused-ring (bicyclic) bond motifs is 1. The Morgan fingerprint density at radius 2 is 1.86 bits per heavy atom. The van der Waals surface area contributed by atoms with Crippen molar-refractivity contribution in [2.24, 2.45) is 11.3 Å². The van der Waals surface area contributed by atoms with Gasteiger partial charge in [-0.1, -0.05) is 48.6 Å². The van der Waals surface area contributed by atoms with Gasteiger partial charge >= 0.3 is 0 Å². The molecule has 1 spiro atoms. The molecule has 2 aromatic carbocycles. The van der Waals surface area contributed by atoms with E-state index < -0.39 is 11.5 Å². The number of nitrogens with zero attached hydrogens (tertiary/aromatic N) is 1. The van der Waals surface area contributed by atoms with Gasteiger partial charge in [0.15, 0.2) is 0 Å². The van der Waals surface area contributed by atoms with Crippen molar-refractivity contribution in [1.82, 2.24) is 15.5 Å². The van der Waals surface area contributed by atoms with Crippen molar-refractivity contribution in [2.75, 3.05) is 38.2 Å². The molecule has 0 radical (unpaired) electrons. The van der Waals surface area contributed by atoms with Gasteiger partial charge in [-0.05, 0) is 62.6 Å². The van der Waals surface area contributed by atoms with Crippen LogP contribution in [0.4, 0.5) is 10.1 Å². The van der Waals surface area contributed by atoms with Crippen molar-refractivity contribution in [3.05, 3.63) is 77.6 Å². The number of benzene rings is 2. The summed E-state index contributed by atoms with van der Waals surface area (Å²) in [6.07, 6.45) is 7.87. The molecule has 0 unspecified atom stereocenters. The highest BCUT2D eigenvalue weighted by Crippen LogP contribution is 2.36. The number of carbonyl (C=O) groups excluding carboxylic acids is 3. The average Bonchev–Trinajstić information content (AvgIpc) is 2.99. The Balaban J connectivity index is 1.31. The van der Waals surface area contributed by atoms with Crippen LogP contribution in [-0.4, -0.2) is 67.6 Å². The van der Waals surface area contributed by atoms with Crippen LogP contribution in [0.5, 0.6) is 0 Å². The molecule has 0 aliphatic carbocycles. The predicted molar refractivity (Wildman–Crippen MR) is 159 cm³/mol. The summed E-state index contributed by atoms with van der Waals surface area (Å²) >= 11 is 0. The number of ether oxygens (including phenoxy) is 1. The molecular weight excluding hydrogens is 535 g/mol. The van der Waals surface area contributed by atoms with Crippen molar-refractivity contribution in [3.8, 4) is 0 Å². The second kappa shape index (κ2) is 13.6. The molecule has 2 saturated heterocycles. The average molecular weight is 577 g/mol. The van der Waals surface area contributed by atoms with Crippen LogP contribution >= 0.6 is 0 Å². The van der Waals surface area contributed by atoms with Crippen LogP contribution in [0.2, 0.25) is 0 Å². The zero-order valence-corrected chi connectivity index (χ0v) is 24.2. The highest BCUT2D eigenvalue weighted by molar-refractivity contribution is 5.93. The van der Waals surface area contributed by atoms with Crippen LogP contribution in [0, 0.1) is 24.1 Å². The molecule has 3 heterocycles. The third-order valence-electron chi connectivity index (χ3n) is 9.00. The molecule has 3 aliphatic rings. The summed E-state index contributed by atoms with van der Waals surface area (Å²) in [5, 5.41) is 9.24. The number of hydrogen-bond acceptors (Lipinski definition) is 5. The second-order valence-corrected chi connectivity index (χ2v) is 11.9. The van der Waals surface area contributed by atoms with Crippen LogP contribution in [0.25, 0.3) is 0 Å². The lowest BCUT2D eigenvalue weighted by atomic mass is 9.75. The topological polar surface area (TPSA) is 99.8 Å². The highest BCUT2D eigenvalue weighted by atomic mass is 19.1. The minimum atomic E-state index is -0.693. The third kappa shape index (κ3) is 7.25. The van der Waals surface area contributed by atoms with E-state index >= 15 is 0 Å². The molecular formula is C33H41FN4O4. The largest absolute Gasteiger partial charge is 0.381 e. The monoisotopic (exact) mass is 576 g/mol. The van der Waals surface area contributed by atoms with Gasteiger partial charge < -0.3 is 20.7 Å². The Morgan fingerprint density at radius 1 is 1.07 bits per heavy atom. The molecule has 3 aliphatic heterocycles. The van der Waals surface area contributed by atoms with Crippen LogP contribution < -0.4 is 16.0 Å². The molecule has 0 bridgehead atoms. The van der Waals surface area contributed by atoms with Crippen molar-refractivity contribution in [2.45, 2.75) is 57.5 Å². The van der Waals surface area contributed by atoms with Crippen LogP contribution in [-0.2, 0) is 25.5 Å². The first-order chi connectivity index (χ1) is 20.3. The van der Waals surface area contributed by atoms with Gasteiger partial charge in [-0.25, -0.2) is 4.39 Å². The van der Waals surface area contributed by atoms with Gasteiger partial charge in [0.1, 0.15) is 11.9 Å². The Morgan fingerprint density at radius 3 is 2.64 bits per heavy atom. The molecule has 5 rings (SSSR count). The number of piperidine rings is 1. The van der Waals surface area contributed by atoms with Gasteiger partial charge in [-0.3, -0.25) is 19.3 Å². The van der Waals surface area contributed by atoms with Gasteiger partial charge in [0, 0.05) is 50.0 Å². The van der Waals surface area contributed by atoms with Crippen molar-refractivity contribution >= 4 is 23.4 Å². The smallest absolute Gasteiger partial charge is 0.243 e. The van der Waals surface area contributed by atoms with Gasteiger partial charge in [0.25, 0.3) is 0 Å². The summed E-state index contributed by atoms with van der Waals surface area (Å²) in [7, 11) is 0. The van der Waals surface area contributed by atoms with Gasteiger partial charge in [0.2, 0.25) is 17.7 Å². The first-order valence-electron chi connectivity index (χ1n) is 15.0. The zero-order chi connectivity index (χ0) is 29.5. The summed E-state index contributed by atoms with van der Waals surface area (Å²) in [5.41, 5.74) is 1.27. The Bertz CT molecular complexity index is 1290. The van der Waals surface area contributed by atoms with Crippen molar-refractivity contribution < 1.29 is 23.5 Å². The number of allylic oxidation sites excluding steroid dienone is 2. The fourth-order valence-electron chi connectivity index (χ4n) is 6.34. The van der Waals surface area contributed by atoms with E-state index in [0.29, 0.717) is 69.7 Å². The molecule has 8 nitrogen and oxygen atoms in total. The summed E-state index contributed by atoms with van der Waals surface area (Å²) in [6, 6.07) is 13.6. The molecule has 0 aromatic heterocycles. The number of rotatable bonds is 5. The Kier molecular flexibility index (Phi) is 9.69. The number of carbonyl (C=O) groups is 3. The van der Waals surface area contributed by atoms with Crippen LogP contribution in [0.1, 0.15) is 43.2 Å². The lowest BCUT2D eigenvalue weighted by molar-refractivity contribution is -0.140. The summed E-state index contributed by atoms with van der Waals surface area (Å²) in [5.74, 6) is -0.712. The minimum absolute atomic E-state index is 0.0847. The molecule has 3 atom stereocenters. The molecule has 0 saturated carbocycles. The van der Waals surface area contributed by atoms with E-state index in [-0.39, 0.29) is 42.0 Å². The fourth-order valence-corrected chi connectivity index (χ4v) is 6.34. The maximum absolute atomic E-state index is 13.9. The number of nitrogens with one attached hydrogen (secondary N) is 3. The molecule has 2 fully saturated rings. The summed E-state index contributed by atoms with van der Waals surface area (Å²) in [6.45, 7) is 4.15. The van der Waals surface area contributed by atoms with E-state index in [1.165, 1.54) is 6.07 Å². The maximum Gasteiger partial charge on any atom is 0.243 e. The Labute approximate surface area is 247 Å². The Hall–Kier alpha value is -3.56. The molecule has 9 heteroatoms. The van der Waals surface area contributed by atoms with Gasteiger partial charge in [-0.2, -0.15) is 0 Å². The number of halogens is 1. The van der Waals surface area contributed by atoms with Crippen LogP contribution in [0.3, 0.4) is 0 Å². The summed E-state index contributed by atoms with van der Waals surface area (Å²) < 4.78 is 19.5. The van der Waals surface area contributed by atoms with E-state index in [1.54, 1.807) is 19.1 Å². The lowest BCUT2D eigenvalue weighted by Crippen LogP contribution is -2.58. The third-order valence-corrected chi connectivity index (χ3v) is 9.00. The molecule has 42 heavy (non-hydrogen) atoms. The second-order valence-electron chi connectivity index (χ2n) is 11.9. The number of likely N-dealkylation sites (tertiary alicyclic amines) is 1. The van der Waals surface area contributed by atoms with Crippen molar-refractivity contribution in [1.29, 1.82) is 0 Å². The van der Waals surface area contributed by atoms with Crippen LogP contribution in [0.15, 0.2) is 60.7 Å². The predicted octanol–water partition coefficient (Wildman–Crippen LogP) is 3.75. The standard InChI is InChI=1S/C33H41FN4O4/c1-23-26(34)11-7-12-27(23)35-30(39)22-38-17-13-28-25(21-38)10-5-6-14-33(15-18-42-19-16-33)32(41)37-29(31(40)36-28)20-24-8-3-2-4-9-24/h2-9,11-12,25,28-29H,10,13-22H2,1H3,(H,35,39)(H,36,40)(H,37,41)/b6-5+/t25-,28+,29-/m0/s1. The summed E-state index contributed by atoms with van der Waals surface area (Å²) in [4.78, 5) is 42.4. The van der Waals surface area contributed by atoms with Crippen molar-refractivity contribution in [3.63, 3.8) is 0 Å². The number of amides is 3. The first-order valence-corrected chi connectivity index (χ1v) is 15.0. The van der Waals surface area contributed by atoms with E-state index in [9.17, 15) is 18.8 Å². The minimum Gasteiger partial charge on any atom is -0.381 e. The maximum atomic E-state index is 13.9. The normalized spacial score (nSPS) is 25.7. The van der Waals surface area contributed by atoms with Gasteiger partial charge in [-0.15, -0.1) is 0 Å². The molecule has 224 valence electrons. The lowest BCUT2D eigenvalue weighted by Gasteiger charge is -2.40. The van der Waals surface area contributed by atoms with E-state index in [0.717, 1.165) is 12.0 Å². The number of hydrogen-bond donors (Lipinski definition) is 3. The van der Waals surface area contributed by atoms with E-state index in [4.69, 9.17) is 4.74 Å². The SMILES string of the molecule is Cc1c(F)cccc1NC(=O)CN1CC[C@H]2NC(=O)[C@H](Cc3ccccc3)NC(=O)C3(C/C=C/C[C@H]2C1)CCOCC3. The molecule has 2 aromatic rings. The number of anilines is 1. The first kappa shape index (κ1) is 29.9. The molecule has 3 amide bonds. The highest BCUT2D eigenvalue weighted by Gasteiger charge is 2.41. The zero-order valence-electron chi connectivity index (χ0n) is 24.2. The van der Waals surface area contributed by atoms with Gasteiger partial charge in [0.05, 0.1) is 12.0 Å².